The maximum Gasteiger partial charge on any atom is 0.416 e. The molecule has 9 heteroatoms. The van der Waals surface area contributed by atoms with Gasteiger partial charge >= 0.3 is 6.18 Å². The highest BCUT2D eigenvalue weighted by molar-refractivity contribution is 5.96. The molecule has 1 aromatic heterocycles. The summed E-state index contributed by atoms with van der Waals surface area (Å²) in [6, 6.07) is 7.95. The Morgan fingerprint density at radius 2 is 1.96 bits per heavy atom. The first kappa shape index (κ1) is 18.6. The molecule has 0 unspecified atom stereocenters. The Hall–Kier alpha value is -3.23. The average Bonchev–Trinajstić information content (AvgIpc) is 3.09. The zero-order valence-electron chi connectivity index (χ0n) is 13.9. The summed E-state index contributed by atoms with van der Waals surface area (Å²) in [5, 5.41) is 3.63. The molecule has 0 aliphatic heterocycles. The van der Waals surface area contributed by atoms with E-state index in [4.69, 9.17) is 9.26 Å². The number of aromatic nitrogens is 2. The summed E-state index contributed by atoms with van der Waals surface area (Å²) in [5.41, 5.74) is -0.654. The second kappa shape index (κ2) is 7.18. The maximum absolute atomic E-state index is 13.2. The number of Topliss-reactive ketones (excluding diaryl/α,β-unsaturated/α-hetero) is 1. The van der Waals surface area contributed by atoms with Crippen LogP contribution in [0.5, 0.6) is 5.75 Å². The number of nitrogens with zero attached hydrogens (tertiary/aromatic N) is 2. The Morgan fingerprint density at radius 3 is 2.67 bits per heavy atom. The predicted molar refractivity (Wildman–Crippen MR) is 85.5 cm³/mol. The summed E-state index contributed by atoms with van der Waals surface area (Å²) in [6.07, 6.45) is -4.49. The van der Waals surface area contributed by atoms with Gasteiger partial charge in [0.1, 0.15) is 11.6 Å². The van der Waals surface area contributed by atoms with Gasteiger partial charge in [-0.3, -0.25) is 4.79 Å². The van der Waals surface area contributed by atoms with E-state index in [-0.39, 0.29) is 41.0 Å². The number of carbonyl (C=O) groups is 1. The van der Waals surface area contributed by atoms with Gasteiger partial charge in [0.2, 0.25) is 5.82 Å². The monoisotopic (exact) mass is 380 g/mol. The molecular weight excluding hydrogens is 368 g/mol. The summed E-state index contributed by atoms with van der Waals surface area (Å²) in [7, 11) is 0. The molecule has 5 nitrogen and oxygen atoms in total. The predicted octanol–water partition coefficient (Wildman–Crippen LogP) is 4.68. The average molecular weight is 380 g/mol. The SMILES string of the molecule is CC(=O)c1cc(F)ccc1OCc1nc(-c2cccc(C(F)(F)F)c2)no1. The minimum Gasteiger partial charge on any atom is -0.483 e. The Labute approximate surface area is 150 Å². The van der Waals surface area contributed by atoms with E-state index in [9.17, 15) is 22.4 Å². The summed E-state index contributed by atoms with van der Waals surface area (Å²) in [4.78, 5) is 15.5. The number of carbonyl (C=O) groups excluding carboxylic acids is 1. The van der Waals surface area contributed by atoms with Gasteiger partial charge in [0.05, 0.1) is 11.1 Å². The van der Waals surface area contributed by atoms with Crippen LogP contribution < -0.4 is 4.74 Å². The maximum atomic E-state index is 13.2. The van der Waals surface area contributed by atoms with Gasteiger partial charge < -0.3 is 9.26 Å². The van der Waals surface area contributed by atoms with E-state index >= 15 is 0 Å². The fraction of sp³-hybridized carbons (Fsp3) is 0.167. The number of ether oxygens (including phenoxy) is 1. The van der Waals surface area contributed by atoms with Gasteiger partial charge in [-0.2, -0.15) is 18.2 Å². The highest BCUT2D eigenvalue weighted by atomic mass is 19.4. The van der Waals surface area contributed by atoms with Crippen LogP contribution in [0.15, 0.2) is 47.0 Å². The quantitative estimate of drug-likeness (QED) is 0.475. The van der Waals surface area contributed by atoms with Crippen LogP contribution in [0.1, 0.15) is 28.7 Å². The van der Waals surface area contributed by atoms with Gasteiger partial charge in [0.25, 0.3) is 5.89 Å². The Balaban J connectivity index is 1.77. The van der Waals surface area contributed by atoms with Crippen LogP contribution in [0.2, 0.25) is 0 Å². The first-order chi connectivity index (χ1) is 12.7. The number of ketones is 1. The zero-order chi connectivity index (χ0) is 19.6. The molecule has 3 aromatic rings. The van der Waals surface area contributed by atoms with Gasteiger partial charge in [0, 0.05) is 5.56 Å². The Kier molecular flexibility index (Phi) is 4.93. The standard InChI is InChI=1S/C18H12F4N2O3/c1-10(25)14-8-13(19)5-6-15(14)26-9-16-23-17(24-27-16)11-3-2-4-12(7-11)18(20,21)22/h2-8H,9H2,1H3. The second-order valence-corrected chi connectivity index (χ2v) is 5.58. The normalized spacial score (nSPS) is 11.4. The minimum absolute atomic E-state index is 0.0127. The topological polar surface area (TPSA) is 65.2 Å². The third kappa shape index (κ3) is 4.30. The lowest BCUT2D eigenvalue weighted by molar-refractivity contribution is -0.137. The number of alkyl halides is 3. The largest absolute Gasteiger partial charge is 0.483 e. The summed E-state index contributed by atoms with van der Waals surface area (Å²) in [6.45, 7) is 1.03. The van der Waals surface area contributed by atoms with Crippen molar-refractivity contribution in [1.82, 2.24) is 10.1 Å². The summed E-state index contributed by atoms with van der Waals surface area (Å²) in [5.74, 6) is -0.897. The van der Waals surface area contributed by atoms with Crippen molar-refractivity contribution in [2.24, 2.45) is 0 Å². The first-order valence-electron chi connectivity index (χ1n) is 7.67. The molecule has 0 spiro atoms. The van der Waals surface area contributed by atoms with Crippen LogP contribution in [0, 0.1) is 5.82 Å². The van der Waals surface area contributed by atoms with Gasteiger partial charge in [0.15, 0.2) is 12.4 Å². The smallest absolute Gasteiger partial charge is 0.416 e. The summed E-state index contributed by atoms with van der Waals surface area (Å²) >= 11 is 0. The molecule has 1 heterocycles. The fourth-order valence-electron chi connectivity index (χ4n) is 2.31. The van der Waals surface area contributed by atoms with Crippen LogP contribution in [-0.2, 0) is 12.8 Å². The first-order valence-corrected chi connectivity index (χ1v) is 7.67. The number of benzene rings is 2. The molecule has 0 radical (unpaired) electrons. The molecule has 0 aliphatic rings. The molecule has 0 bridgehead atoms. The van der Waals surface area contributed by atoms with Crippen molar-refractivity contribution in [2.75, 3.05) is 0 Å². The minimum atomic E-state index is -4.49. The zero-order valence-corrected chi connectivity index (χ0v) is 13.9. The van der Waals surface area contributed by atoms with E-state index in [1.54, 1.807) is 0 Å². The molecule has 3 rings (SSSR count). The van der Waals surface area contributed by atoms with E-state index in [2.05, 4.69) is 10.1 Å². The molecule has 0 aliphatic carbocycles. The van der Waals surface area contributed by atoms with Crippen molar-refractivity contribution in [3.8, 4) is 17.1 Å². The molecule has 0 fully saturated rings. The van der Waals surface area contributed by atoms with Crippen LogP contribution >= 0.6 is 0 Å². The molecular formula is C18H12F4N2O3. The van der Waals surface area contributed by atoms with E-state index in [1.165, 1.54) is 25.1 Å². The van der Waals surface area contributed by atoms with E-state index < -0.39 is 17.6 Å². The highest BCUT2D eigenvalue weighted by Crippen LogP contribution is 2.31. The van der Waals surface area contributed by atoms with Crippen molar-refractivity contribution in [3.05, 3.63) is 65.3 Å². The molecule has 0 saturated heterocycles. The van der Waals surface area contributed by atoms with Crippen molar-refractivity contribution in [2.45, 2.75) is 19.7 Å². The van der Waals surface area contributed by atoms with E-state index in [1.807, 2.05) is 0 Å². The lowest BCUT2D eigenvalue weighted by atomic mass is 10.1. The number of hydrogen-bond acceptors (Lipinski definition) is 5. The van der Waals surface area contributed by atoms with Crippen molar-refractivity contribution < 1.29 is 31.6 Å². The number of hydrogen-bond donors (Lipinski definition) is 0. The molecule has 0 atom stereocenters. The molecule has 0 amide bonds. The molecule has 0 N–H and O–H groups in total. The van der Waals surface area contributed by atoms with Crippen molar-refractivity contribution in [1.29, 1.82) is 0 Å². The number of halogens is 4. The van der Waals surface area contributed by atoms with Gasteiger partial charge in [-0.15, -0.1) is 0 Å². The second-order valence-electron chi connectivity index (χ2n) is 5.58. The lowest BCUT2D eigenvalue weighted by Crippen LogP contribution is -2.04. The molecule has 27 heavy (non-hydrogen) atoms. The third-order valence-corrected chi connectivity index (χ3v) is 3.59. The highest BCUT2D eigenvalue weighted by Gasteiger charge is 2.30. The van der Waals surface area contributed by atoms with Gasteiger partial charge in [-0.1, -0.05) is 17.3 Å². The van der Waals surface area contributed by atoms with Crippen LogP contribution in [0.3, 0.4) is 0 Å². The molecule has 2 aromatic carbocycles. The van der Waals surface area contributed by atoms with Gasteiger partial charge in [-0.05, 0) is 37.3 Å². The third-order valence-electron chi connectivity index (χ3n) is 3.59. The van der Waals surface area contributed by atoms with Crippen LogP contribution in [-0.4, -0.2) is 15.9 Å². The van der Waals surface area contributed by atoms with Crippen molar-refractivity contribution >= 4 is 5.78 Å². The van der Waals surface area contributed by atoms with Crippen LogP contribution in [0.25, 0.3) is 11.4 Å². The summed E-state index contributed by atoms with van der Waals surface area (Å²) < 4.78 is 62.0. The van der Waals surface area contributed by atoms with Crippen molar-refractivity contribution in [3.63, 3.8) is 0 Å². The lowest BCUT2D eigenvalue weighted by Gasteiger charge is -2.07. The fourth-order valence-corrected chi connectivity index (χ4v) is 2.31. The van der Waals surface area contributed by atoms with E-state index in [0.717, 1.165) is 24.3 Å². The molecule has 140 valence electrons. The Morgan fingerprint density at radius 1 is 1.19 bits per heavy atom. The van der Waals surface area contributed by atoms with Gasteiger partial charge in [-0.25, -0.2) is 4.39 Å². The van der Waals surface area contributed by atoms with Crippen LogP contribution in [0.4, 0.5) is 17.6 Å². The Bertz CT molecular complexity index is 983. The van der Waals surface area contributed by atoms with E-state index in [0.29, 0.717) is 0 Å². The number of rotatable bonds is 5. The molecule has 0 saturated carbocycles.